The van der Waals surface area contributed by atoms with Crippen LogP contribution in [0.2, 0.25) is 0 Å². The van der Waals surface area contributed by atoms with Crippen molar-refractivity contribution in [3.05, 3.63) is 35.5 Å². The van der Waals surface area contributed by atoms with E-state index in [2.05, 4.69) is 20.5 Å². The van der Waals surface area contributed by atoms with E-state index in [0.717, 1.165) is 5.69 Å². The number of hydrazone groups is 1. The molecule has 0 atom stereocenters. The van der Waals surface area contributed by atoms with E-state index in [4.69, 9.17) is 14.2 Å². The smallest absolute Gasteiger partial charge is 0.278 e. The van der Waals surface area contributed by atoms with E-state index in [-0.39, 0.29) is 12.4 Å². The second-order valence-corrected chi connectivity index (χ2v) is 6.23. The van der Waals surface area contributed by atoms with Gasteiger partial charge in [0, 0.05) is 30.4 Å². The molecular formula is C19H23N5O5. The summed E-state index contributed by atoms with van der Waals surface area (Å²) in [6.07, 6.45) is 1.32. The third-order valence-electron chi connectivity index (χ3n) is 4.11. The van der Waals surface area contributed by atoms with E-state index in [0.29, 0.717) is 49.4 Å². The summed E-state index contributed by atoms with van der Waals surface area (Å²) in [4.78, 5) is 22.8. The first-order chi connectivity index (χ1) is 14.1. The fourth-order valence-electron chi connectivity index (χ4n) is 2.66. The number of hydrogen-bond acceptors (Lipinski definition) is 9. The number of phenolic OH excluding ortho intramolecular Hbond substituents is 1. The van der Waals surface area contributed by atoms with Crippen molar-refractivity contribution < 1.29 is 24.1 Å². The lowest BCUT2D eigenvalue weighted by Gasteiger charge is -2.27. The van der Waals surface area contributed by atoms with Crippen LogP contribution < -0.4 is 19.8 Å². The molecule has 0 radical (unpaired) electrons. The largest absolute Gasteiger partial charge is 0.504 e. The highest BCUT2D eigenvalue weighted by atomic mass is 16.5. The molecule has 0 saturated carbocycles. The van der Waals surface area contributed by atoms with Crippen molar-refractivity contribution in [3.63, 3.8) is 0 Å². The Balaban J connectivity index is 1.55. The first-order valence-corrected chi connectivity index (χ1v) is 9.06. The summed E-state index contributed by atoms with van der Waals surface area (Å²) in [5, 5.41) is 13.8. The van der Waals surface area contributed by atoms with Crippen molar-refractivity contribution in [1.29, 1.82) is 0 Å². The number of hydrogen-bond donors (Lipinski definition) is 2. The van der Waals surface area contributed by atoms with E-state index in [1.54, 1.807) is 24.3 Å². The molecule has 1 aliphatic rings. The maximum atomic E-state index is 12.0. The molecule has 0 spiro atoms. The van der Waals surface area contributed by atoms with E-state index < -0.39 is 5.91 Å². The number of para-hydroxylation sites is 1. The maximum Gasteiger partial charge on any atom is 0.278 e. The van der Waals surface area contributed by atoms with Crippen molar-refractivity contribution >= 4 is 18.1 Å². The monoisotopic (exact) mass is 401 g/mol. The van der Waals surface area contributed by atoms with Crippen LogP contribution in [0.25, 0.3) is 0 Å². The number of methoxy groups -OCH3 is 1. The Labute approximate surface area is 168 Å². The lowest BCUT2D eigenvalue weighted by atomic mass is 10.2. The van der Waals surface area contributed by atoms with Gasteiger partial charge >= 0.3 is 0 Å². The van der Waals surface area contributed by atoms with Crippen LogP contribution in [0.15, 0.2) is 29.4 Å². The number of carbonyl (C=O) groups excluding carboxylic acids is 1. The molecule has 1 aliphatic heterocycles. The number of nitrogens with zero attached hydrogens (tertiary/aromatic N) is 4. The molecule has 1 aromatic carbocycles. The maximum absolute atomic E-state index is 12.0. The van der Waals surface area contributed by atoms with Gasteiger partial charge in [-0.1, -0.05) is 6.07 Å². The van der Waals surface area contributed by atoms with Crippen molar-refractivity contribution in [1.82, 2.24) is 15.4 Å². The van der Waals surface area contributed by atoms with Gasteiger partial charge in [0.2, 0.25) is 11.8 Å². The number of anilines is 1. The van der Waals surface area contributed by atoms with Gasteiger partial charge in [-0.25, -0.2) is 10.4 Å². The molecule has 2 heterocycles. The highest BCUT2D eigenvalue weighted by Crippen LogP contribution is 2.27. The predicted octanol–water partition coefficient (Wildman–Crippen LogP) is 0.865. The van der Waals surface area contributed by atoms with Gasteiger partial charge in [0.05, 0.1) is 26.5 Å². The summed E-state index contributed by atoms with van der Waals surface area (Å²) < 4.78 is 15.8. The fraction of sp³-hybridized carbons (Fsp3) is 0.368. The van der Waals surface area contributed by atoms with Crippen LogP contribution in [0, 0.1) is 6.92 Å². The SMILES string of the molecule is COc1cccc(C=NNC(=O)COc2cc(C)nc(N3CCOCC3)n2)c1O. The quantitative estimate of drug-likeness (QED) is 0.518. The third kappa shape index (κ3) is 5.55. The summed E-state index contributed by atoms with van der Waals surface area (Å²) in [6, 6.07) is 6.62. The molecule has 29 heavy (non-hydrogen) atoms. The van der Waals surface area contributed by atoms with Crippen LogP contribution in [0.1, 0.15) is 11.3 Å². The average molecular weight is 401 g/mol. The Morgan fingerprint density at radius 2 is 2.17 bits per heavy atom. The minimum absolute atomic E-state index is 0.0589. The summed E-state index contributed by atoms with van der Waals surface area (Å²) in [6.45, 7) is 4.22. The molecule has 10 nitrogen and oxygen atoms in total. The number of aryl methyl sites for hydroxylation is 1. The number of morpholine rings is 1. The number of ether oxygens (including phenoxy) is 3. The Morgan fingerprint density at radius 3 is 2.93 bits per heavy atom. The van der Waals surface area contributed by atoms with Gasteiger partial charge < -0.3 is 24.2 Å². The van der Waals surface area contributed by atoms with Gasteiger partial charge in [0.15, 0.2) is 18.1 Å². The van der Waals surface area contributed by atoms with Crippen molar-refractivity contribution in [2.45, 2.75) is 6.92 Å². The number of benzene rings is 1. The summed E-state index contributed by atoms with van der Waals surface area (Å²) in [7, 11) is 1.45. The number of aromatic nitrogens is 2. The highest BCUT2D eigenvalue weighted by Gasteiger charge is 2.15. The third-order valence-corrected chi connectivity index (χ3v) is 4.11. The molecule has 1 amide bonds. The predicted molar refractivity (Wildman–Crippen MR) is 106 cm³/mol. The van der Waals surface area contributed by atoms with Gasteiger partial charge in [-0.15, -0.1) is 0 Å². The molecule has 1 fully saturated rings. The van der Waals surface area contributed by atoms with Crippen LogP contribution in [-0.4, -0.2) is 67.2 Å². The average Bonchev–Trinajstić information content (AvgIpc) is 2.74. The Kier molecular flexibility index (Phi) is 6.80. The first-order valence-electron chi connectivity index (χ1n) is 9.06. The number of carbonyl (C=O) groups is 1. The zero-order chi connectivity index (χ0) is 20.6. The van der Waals surface area contributed by atoms with Gasteiger partial charge in [-0.05, 0) is 19.1 Å². The van der Waals surface area contributed by atoms with Crippen LogP contribution in [0.5, 0.6) is 17.4 Å². The van der Waals surface area contributed by atoms with Gasteiger partial charge in [0.25, 0.3) is 5.91 Å². The standard InChI is InChI=1S/C19H23N5O5/c1-13-10-17(22-19(21-13)24-6-8-28-9-7-24)29-12-16(25)23-20-11-14-4-3-5-15(27-2)18(14)26/h3-5,10-11,26H,6-9,12H2,1-2H3,(H,23,25). The molecule has 2 aromatic rings. The fourth-order valence-corrected chi connectivity index (χ4v) is 2.66. The highest BCUT2D eigenvalue weighted by molar-refractivity contribution is 5.86. The van der Waals surface area contributed by atoms with Crippen LogP contribution in [0.4, 0.5) is 5.95 Å². The van der Waals surface area contributed by atoms with Crippen molar-refractivity contribution in [2.24, 2.45) is 5.10 Å². The topological polar surface area (TPSA) is 118 Å². The summed E-state index contributed by atoms with van der Waals surface area (Å²) >= 11 is 0. The summed E-state index contributed by atoms with van der Waals surface area (Å²) in [5.41, 5.74) is 3.49. The van der Waals surface area contributed by atoms with Gasteiger partial charge in [-0.3, -0.25) is 4.79 Å². The number of rotatable bonds is 7. The second-order valence-electron chi connectivity index (χ2n) is 6.23. The Bertz CT molecular complexity index is 883. The molecule has 154 valence electrons. The molecule has 0 aliphatic carbocycles. The molecule has 0 unspecified atom stereocenters. The zero-order valence-corrected chi connectivity index (χ0v) is 16.3. The number of phenols is 1. The van der Waals surface area contributed by atoms with Gasteiger partial charge in [0.1, 0.15) is 0 Å². The van der Waals surface area contributed by atoms with Gasteiger partial charge in [-0.2, -0.15) is 10.1 Å². The van der Waals surface area contributed by atoms with Crippen LogP contribution in [-0.2, 0) is 9.53 Å². The van der Waals surface area contributed by atoms with Crippen LogP contribution >= 0.6 is 0 Å². The zero-order valence-electron chi connectivity index (χ0n) is 16.3. The first kappa shape index (κ1) is 20.3. The second kappa shape index (κ2) is 9.69. The summed E-state index contributed by atoms with van der Waals surface area (Å²) in [5.74, 6) is 0.654. The molecule has 1 aromatic heterocycles. The lowest BCUT2D eigenvalue weighted by molar-refractivity contribution is -0.123. The number of amides is 1. The lowest BCUT2D eigenvalue weighted by Crippen LogP contribution is -2.37. The van der Waals surface area contributed by atoms with E-state index in [1.165, 1.54) is 13.3 Å². The Morgan fingerprint density at radius 1 is 1.38 bits per heavy atom. The molecule has 3 rings (SSSR count). The molecule has 0 bridgehead atoms. The number of nitrogens with one attached hydrogen (secondary N) is 1. The Hall–Kier alpha value is -3.40. The molecule has 1 saturated heterocycles. The normalized spacial score (nSPS) is 14.1. The minimum atomic E-state index is -0.465. The van der Waals surface area contributed by atoms with Crippen molar-refractivity contribution in [2.75, 3.05) is 44.9 Å². The number of aromatic hydroxyl groups is 1. The minimum Gasteiger partial charge on any atom is -0.504 e. The van der Waals surface area contributed by atoms with Crippen LogP contribution in [0.3, 0.4) is 0 Å². The molecule has 10 heteroatoms. The molecular weight excluding hydrogens is 378 g/mol. The van der Waals surface area contributed by atoms with E-state index in [9.17, 15) is 9.90 Å². The van der Waals surface area contributed by atoms with E-state index in [1.807, 2.05) is 11.8 Å². The van der Waals surface area contributed by atoms with Crippen molar-refractivity contribution in [3.8, 4) is 17.4 Å². The molecule has 2 N–H and O–H groups in total. The van der Waals surface area contributed by atoms with E-state index >= 15 is 0 Å².